The first-order valence-electron chi connectivity index (χ1n) is 20.7. The van der Waals surface area contributed by atoms with Crippen molar-refractivity contribution in [2.24, 2.45) is 0 Å². The molecule has 1 spiro atoms. The molecule has 0 saturated carbocycles. The van der Waals surface area contributed by atoms with Crippen LogP contribution < -0.4 is 0 Å². The molecule has 0 bridgehead atoms. The fraction of sp³-hybridized carbons (Fsp3) is 0.0690. The Balaban J connectivity index is 1.11. The van der Waals surface area contributed by atoms with Gasteiger partial charge in [-0.05, 0) is 114 Å². The minimum Gasteiger partial charge on any atom is -0.455 e. The van der Waals surface area contributed by atoms with Crippen LogP contribution >= 0.6 is 0 Å². The molecule has 10 aromatic rings. The molecule has 59 heavy (non-hydrogen) atoms. The molecular weight excluding hydrogens is 713 g/mol. The molecule has 2 unspecified atom stereocenters. The van der Waals surface area contributed by atoms with Gasteiger partial charge in [0.2, 0.25) is 0 Å². The normalized spacial score (nSPS) is 15.3. The molecule has 0 N–H and O–H groups in total. The van der Waals surface area contributed by atoms with E-state index in [0.717, 1.165) is 33.1 Å². The zero-order valence-electron chi connectivity index (χ0n) is 33.0. The van der Waals surface area contributed by atoms with E-state index >= 15 is 0 Å². The quantitative estimate of drug-likeness (QED) is 0.171. The molecule has 1 nitrogen and oxygen atoms in total. The van der Waals surface area contributed by atoms with Gasteiger partial charge in [0, 0.05) is 22.3 Å². The van der Waals surface area contributed by atoms with E-state index in [1.54, 1.807) is 0 Å². The Hall–Kier alpha value is -7.22. The smallest absolute Gasteiger partial charge is 0.143 e. The Morgan fingerprint density at radius 1 is 0.390 bits per heavy atom. The summed E-state index contributed by atoms with van der Waals surface area (Å²) in [5.41, 5.74) is 23.2. The average molecular weight is 753 g/mol. The Bertz CT molecular complexity index is 3290. The van der Waals surface area contributed by atoms with Crippen LogP contribution in [0, 0.1) is 6.92 Å². The number of rotatable bonds is 5. The third-order valence-electron chi connectivity index (χ3n) is 13.4. The molecule has 0 radical (unpaired) electrons. The lowest BCUT2D eigenvalue weighted by molar-refractivity contribution is 0.670. The van der Waals surface area contributed by atoms with Crippen LogP contribution in [0.2, 0.25) is 0 Å². The summed E-state index contributed by atoms with van der Waals surface area (Å²) in [5, 5.41) is 2.30. The van der Waals surface area contributed by atoms with Crippen molar-refractivity contribution in [3.63, 3.8) is 0 Å². The molecule has 0 saturated heterocycles. The molecule has 2 aliphatic carbocycles. The van der Waals surface area contributed by atoms with E-state index in [1.165, 1.54) is 83.5 Å². The SMILES string of the molecule is Cc1ccccc1-c1cc(-c2ccccc2)ccc1C(C)c1cccc2c1-c1ccccc1C21c2ccccc2-c2cc3oc4c(-c5ccccc5)cccc4c3cc21. The Kier molecular flexibility index (Phi) is 7.40. The van der Waals surface area contributed by atoms with Gasteiger partial charge in [-0.25, -0.2) is 0 Å². The molecule has 12 rings (SSSR count). The Labute approximate surface area is 344 Å². The highest BCUT2D eigenvalue weighted by atomic mass is 16.3. The number of hydrogen-bond acceptors (Lipinski definition) is 1. The van der Waals surface area contributed by atoms with Crippen molar-refractivity contribution in [1.29, 1.82) is 0 Å². The summed E-state index contributed by atoms with van der Waals surface area (Å²) in [5.74, 6) is 0.111. The molecule has 0 amide bonds. The molecular formula is C58H40O. The summed E-state index contributed by atoms with van der Waals surface area (Å²) in [6.45, 7) is 4.64. The molecule has 278 valence electrons. The van der Waals surface area contributed by atoms with Gasteiger partial charge in [0.1, 0.15) is 11.2 Å². The van der Waals surface area contributed by atoms with Gasteiger partial charge >= 0.3 is 0 Å². The number of furan rings is 1. The van der Waals surface area contributed by atoms with E-state index in [9.17, 15) is 0 Å². The van der Waals surface area contributed by atoms with Crippen LogP contribution in [0.1, 0.15) is 51.8 Å². The van der Waals surface area contributed by atoms with Crippen molar-refractivity contribution in [3.8, 4) is 55.6 Å². The largest absolute Gasteiger partial charge is 0.455 e. The van der Waals surface area contributed by atoms with Gasteiger partial charge in [-0.15, -0.1) is 0 Å². The third kappa shape index (κ3) is 4.79. The number of hydrogen-bond donors (Lipinski definition) is 0. The van der Waals surface area contributed by atoms with Crippen molar-refractivity contribution in [2.45, 2.75) is 25.2 Å². The maximum atomic E-state index is 6.86. The first-order valence-corrected chi connectivity index (χ1v) is 20.7. The van der Waals surface area contributed by atoms with E-state index in [-0.39, 0.29) is 5.92 Å². The summed E-state index contributed by atoms with van der Waals surface area (Å²) < 4.78 is 6.86. The molecule has 2 atom stereocenters. The fourth-order valence-corrected chi connectivity index (χ4v) is 10.7. The molecule has 1 heterocycles. The van der Waals surface area contributed by atoms with Gasteiger partial charge in [0.25, 0.3) is 0 Å². The summed E-state index contributed by atoms with van der Waals surface area (Å²) in [6.07, 6.45) is 0. The highest BCUT2D eigenvalue weighted by molar-refractivity contribution is 6.12. The van der Waals surface area contributed by atoms with Crippen molar-refractivity contribution in [1.82, 2.24) is 0 Å². The van der Waals surface area contributed by atoms with Crippen molar-refractivity contribution in [3.05, 3.63) is 239 Å². The van der Waals surface area contributed by atoms with Crippen LogP contribution in [0.3, 0.4) is 0 Å². The summed E-state index contributed by atoms with van der Waals surface area (Å²) in [7, 11) is 0. The van der Waals surface area contributed by atoms with E-state index < -0.39 is 5.41 Å². The minimum absolute atomic E-state index is 0.111. The van der Waals surface area contributed by atoms with Crippen molar-refractivity contribution in [2.75, 3.05) is 0 Å². The van der Waals surface area contributed by atoms with Crippen LogP contribution in [0.25, 0.3) is 77.6 Å². The van der Waals surface area contributed by atoms with Crippen molar-refractivity contribution >= 4 is 21.9 Å². The number of aryl methyl sites for hydroxylation is 1. The lowest BCUT2D eigenvalue weighted by atomic mass is 9.70. The second kappa shape index (κ2) is 12.9. The predicted molar refractivity (Wildman–Crippen MR) is 245 cm³/mol. The second-order valence-corrected chi connectivity index (χ2v) is 16.4. The number of benzene rings is 9. The van der Waals surface area contributed by atoms with E-state index in [1.807, 2.05) is 0 Å². The summed E-state index contributed by atoms with van der Waals surface area (Å²) >= 11 is 0. The van der Waals surface area contributed by atoms with Gasteiger partial charge in [-0.3, -0.25) is 0 Å². The molecule has 9 aromatic carbocycles. The van der Waals surface area contributed by atoms with Crippen LogP contribution in [0.15, 0.2) is 205 Å². The third-order valence-corrected chi connectivity index (χ3v) is 13.4. The Morgan fingerprint density at radius 3 is 1.80 bits per heavy atom. The lowest BCUT2D eigenvalue weighted by Crippen LogP contribution is -2.26. The maximum absolute atomic E-state index is 6.86. The average Bonchev–Trinajstić information content (AvgIpc) is 3.92. The standard InChI is InChI=1S/C58H40O/c1-36-17-9-10-22-41(36)48-33-40(38-18-5-3-6-19-38)31-32-42(48)37(2)43-25-16-30-53-56(43)47-24-12-14-29-52(47)58(53)51-28-13-11-23-45(51)49-35-55-50(34-54(49)58)46-27-15-26-44(57(46)59-55)39-20-7-4-8-21-39/h3-35,37H,1-2H3. The highest BCUT2D eigenvalue weighted by Crippen LogP contribution is 2.64. The van der Waals surface area contributed by atoms with Crippen LogP contribution in [0.5, 0.6) is 0 Å². The summed E-state index contributed by atoms with van der Waals surface area (Å²) in [6, 6.07) is 74.0. The van der Waals surface area contributed by atoms with Crippen molar-refractivity contribution < 1.29 is 4.42 Å². The Morgan fingerprint density at radius 2 is 1.02 bits per heavy atom. The van der Waals surface area contributed by atoms with Gasteiger partial charge in [0.15, 0.2) is 0 Å². The number of para-hydroxylation sites is 1. The first kappa shape index (κ1) is 33.9. The predicted octanol–water partition coefficient (Wildman–Crippen LogP) is 15.4. The highest BCUT2D eigenvalue weighted by Gasteiger charge is 2.52. The topological polar surface area (TPSA) is 13.1 Å². The molecule has 0 aliphatic heterocycles. The van der Waals surface area contributed by atoms with Crippen LogP contribution in [-0.4, -0.2) is 0 Å². The molecule has 2 aliphatic rings. The molecule has 1 aromatic heterocycles. The maximum Gasteiger partial charge on any atom is 0.143 e. The molecule has 0 fully saturated rings. The second-order valence-electron chi connectivity index (χ2n) is 16.4. The van der Waals surface area contributed by atoms with E-state index in [2.05, 4.69) is 214 Å². The van der Waals surface area contributed by atoms with E-state index in [0.29, 0.717) is 0 Å². The molecule has 1 heteroatoms. The van der Waals surface area contributed by atoms with Gasteiger partial charge < -0.3 is 4.42 Å². The monoisotopic (exact) mass is 752 g/mol. The van der Waals surface area contributed by atoms with Crippen LogP contribution in [0.4, 0.5) is 0 Å². The fourth-order valence-electron chi connectivity index (χ4n) is 10.7. The van der Waals surface area contributed by atoms with E-state index in [4.69, 9.17) is 4.42 Å². The zero-order chi connectivity index (χ0) is 39.2. The summed E-state index contributed by atoms with van der Waals surface area (Å²) in [4.78, 5) is 0. The van der Waals surface area contributed by atoms with Gasteiger partial charge in [0.05, 0.1) is 5.41 Å². The number of fused-ring (bicyclic) bond motifs is 13. The van der Waals surface area contributed by atoms with Gasteiger partial charge in [-0.1, -0.05) is 189 Å². The van der Waals surface area contributed by atoms with Gasteiger partial charge in [-0.2, -0.15) is 0 Å². The zero-order valence-corrected chi connectivity index (χ0v) is 33.0. The van der Waals surface area contributed by atoms with Crippen LogP contribution in [-0.2, 0) is 5.41 Å². The first-order chi connectivity index (χ1) is 29.1. The lowest BCUT2D eigenvalue weighted by Gasteiger charge is -2.31. The minimum atomic E-state index is -0.488.